The quantitative estimate of drug-likeness (QED) is 0.127. The van der Waals surface area contributed by atoms with Crippen LogP contribution in [0.15, 0.2) is 437 Å². The van der Waals surface area contributed by atoms with E-state index in [1.165, 1.54) is 105 Å². The minimum absolute atomic E-state index is 0.181. The molecule has 22 aromatic rings. The monoisotopic (exact) mass is 1660 g/mol. The normalized spacial score (nSPS) is 12.7. The summed E-state index contributed by atoms with van der Waals surface area (Å²) in [7, 11) is 0.706. The smallest absolute Gasteiger partial charge is 0.537 e. The average Bonchev–Trinajstić information content (AvgIpc) is 1.51. The van der Waals surface area contributed by atoms with Crippen molar-refractivity contribution in [2.24, 2.45) is 0 Å². The van der Waals surface area contributed by atoms with E-state index >= 15 is 0 Å². The molecule has 10 nitrogen and oxygen atoms in total. The van der Waals surface area contributed by atoms with Crippen LogP contribution in [0.4, 0.5) is 0 Å². The summed E-state index contributed by atoms with van der Waals surface area (Å²) in [6.45, 7) is 0. The Hall–Kier alpha value is -16.3. The zero-order chi connectivity index (χ0) is 85.0. The van der Waals surface area contributed by atoms with Crippen LogP contribution in [0.2, 0.25) is 5.28 Å². The number of aromatic nitrogens is 8. The van der Waals surface area contributed by atoms with Crippen LogP contribution in [0, 0.1) is 0 Å². The van der Waals surface area contributed by atoms with Crippen LogP contribution in [0.3, 0.4) is 0 Å². The van der Waals surface area contributed by atoms with E-state index in [0.29, 0.717) is 42.6 Å². The molecule has 4 aliphatic carbocycles. The topological polar surface area (TPSA) is 117 Å². The molecule has 4 aromatic heterocycles. The van der Waals surface area contributed by atoms with Crippen LogP contribution in [-0.4, -0.2) is 51.7 Å². The highest BCUT2D eigenvalue weighted by Crippen LogP contribution is 2.65. The van der Waals surface area contributed by atoms with E-state index in [1.54, 1.807) is 0 Å². The molecule has 4 heterocycles. The number of benzene rings is 18. The van der Waals surface area contributed by atoms with E-state index in [9.17, 15) is 0 Å². The molecule has 26 rings (SSSR count). The van der Waals surface area contributed by atoms with Crippen LogP contribution in [0.5, 0.6) is 5.75 Å². The van der Waals surface area contributed by atoms with Gasteiger partial charge in [0.2, 0.25) is 5.28 Å². The third-order valence-electron chi connectivity index (χ3n) is 26.0. The van der Waals surface area contributed by atoms with Crippen molar-refractivity contribution in [2.75, 3.05) is 0 Å². The number of rotatable bonds is 11. The lowest BCUT2D eigenvalue weighted by molar-refractivity contribution is 0.454. The van der Waals surface area contributed by atoms with Gasteiger partial charge in [0.15, 0.2) is 29.1 Å². The first-order chi connectivity index (χ1) is 63.3. The molecule has 0 amide bonds. The summed E-state index contributed by atoms with van der Waals surface area (Å²) >= 11 is 6.28. The SMILES string of the molecule is Clc1nc(-c2ccccc2)nc(-c2ccc3c(c2)c2ccccc2n3-c2ccccc2)n1.O[B]Oc1ccc(-c2ccc3c(c2)-c2ccccc2C32c3ccccc3-c3ccccc32)cc1.c1ccc(-c2nc(-c3ccc(-c4ccc5c(c4)-c4ccccc4C54c5ccccc5-c5ccccc54)cc3)nc(-c3ccc4c(c3)c3ccccc3n4-c3ccccc3)n2)cc1. The van der Waals surface area contributed by atoms with Crippen molar-refractivity contribution < 1.29 is 9.68 Å². The summed E-state index contributed by atoms with van der Waals surface area (Å²) in [5.74, 6) is 3.64. The lowest BCUT2D eigenvalue weighted by Crippen LogP contribution is -2.25. The fourth-order valence-corrected chi connectivity index (χ4v) is 20.8. The van der Waals surface area contributed by atoms with Gasteiger partial charge in [-0.05, 0) is 220 Å². The van der Waals surface area contributed by atoms with Gasteiger partial charge >= 0.3 is 7.69 Å². The lowest BCUT2D eigenvalue weighted by atomic mass is 9.70. The van der Waals surface area contributed by atoms with E-state index in [1.807, 2.05) is 84.9 Å². The Morgan fingerprint density at radius 3 is 0.867 bits per heavy atom. The molecule has 0 saturated carbocycles. The molecule has 0 atom stereocenters. The van der Waals surface area contributed by atoms with Crippen molar-refractivity contribution in [3.05, 3.63) is 487 Å². The molecule has 0 aliphatic heterocycles. The maximum absolute atomic E-state index is 8.90. The molecular weight excluding hydrogens is 1580 g/mol. The van der Waals surface area contributed by atoms with Crippen LogP contribution in [-0.2, 0) is 10.8 Å². The van der Waals surface area contributed by atoms with Crippen LogP contribution < -0.4 is 4.65 Å². The maximum atomic E-state index is 8.90. The van der Waals surface area contributed by atoms with Gasteiger partial charge < -0.3 is 18.8 Å². The maximum Gasteiger partial charge on any atom is 0.569 e. The third-order valence-corrected chi connectivity index (χ3v) is 26.2. The predicted octanol–water partition coefficient (Wildman–Crippen LogP) is 27.5. The summed E-state index contributed by atoms with van der Waals surface area (Å²) in [5.41, 5.74) is 36.6. The summed E-state index contributed by atoms with van der Waals surface area (Å²) in [6, 6.07) is 155. The molecule has 1 N–H and O–H groups in total. The molecular formula is C116H73BClN8O2. The van der Waals surface area contributed by atoms with Crippen LogP contribution in [0.25, 0.3) is 179 Å². The number of nitrogens with zero attached hydrogens (tertiary/aromatic N) is 8. The zero-order valence-electron chi connectivity index (χ0n) is 69.0. The van der Waals surface area contributed by atoms with Gasteiger partial charge in [-0.25, -0.2) is 19.9 Å². The van der Waals surface area contributed by atoms with Crippen molar-refractivity contribution in [2.45, 2.75) is 10.8 Å². The van der Waals surface area contributed by atoms with Crippen molar-refractivity contribution in [3.63, 3.8) is 0 Å². The van der Waals surface area contributed by atoms with E-state index in [2.05, 4.69) is 371 Å². The second kappa shape index (κ2) is 30.9. The third kappa shape index (κ3) is 12.1. The minimum atomic E-state index is -0.349. The Morgan fingerprint density at radius 1 is 0.219 bits per heavy atom. The summed E-state index contributed by atoms with van der Waals surface area (Å²) in [6.07, 6.45) is 0. The Bertz CT molecular complexity index is 8070. The molecule has 4 aliphatic rings. The van der Waals surface area contributed by atoms with Gasteiger partial charge in [-0.15, -0.1) is 0 Å². The molecule has 128 heavy (non-hydrogen) atoms. The number of halogens is 1. The Kier molecular flexibility index (Phi) is 18.2. The van der Waals surface area contributed by atoms with E-state index in [-0.39, 0.29) is 16.1 Å². The number of hydrogen-bond acceptors (Lipinski definition) is 8. The highest BCUT2D eigenvalue weighted by atomic mass is 35.5. The van der Waals surface area contributed by atoms with Gasteiger partial charge in [-0.2, -0.15) is 9.97 Å². The van der Waals surface area contributed by atoms with Gasteiger partial charge in [-0.3, -0.25) is 0 Å². The first-order valence-electron chi connectivity index (χ1n) is 43.0. The predicted molar refractivity (Wildman–Crippen MR) is 519 cm³/mol. The first kappa shape index (κ1) is 75.4. The van der Waals surface area contributed by atoms with Gasteiger partial charge in [-0.1, -0.05) is 340 Å². The molecule has 2 spiro atoms. The van der Waals surface area contributed by atoms with Gasteiger partial charge in [0, 0.05) is 60.7 Å². The van der Waals surface area contributed by atoms with Gasteiger partial charge in [0.05, 0.1) is 32.9 Å². The molecule has 18 aromatic carbocycles. The fraction of sp³-hybridized carbons (Fsp3) is 0.0172. The van der Waals surface area contributed by atoms with E-state index in [0.717, 1.165) is 88.7 Å². The zero-order valence-corrected chi connectivity index (χ0v) is 69.7. The number of hydrogen-bond donors (Lipinski definition) is 1. The Labute approximate surface area is 744 Å². The van der Waals surface area contributed by atoms with Gasteiger partial charge in [0.1, 0.15) is 5.75 Å². The highest BCUT2D eigenvalue weighted by molar-refractivity contribution is 6.28. The van der Waals surface area contributed by atoms with E-state index < -0.39 is 0 Å². The lowest BCUT2D eigenvalue weighted by Gasteiger charge is -2.30. The Balaban J connectivity index is 0.000000117. The number of fused-ring (bicyclic) bond motifs is 26. The molecule has 0 saturated heterocycles. The van der Waals surface area contributed by atoms with Crippen molar-refractivity contribution >= 4 is 62.9 Å². The Morgan fingerprint density at radius 2 is 0.484 bits per heavy atom. The standard InChI is InChI=1S/C58H36N4.C31H20BO2.C27H17ClN4/c1-3-15-38(16-4-1)55-59-56(61-57(60-55)41-32-34-54-48(36-41)46-22-10-14-26-53(46)62(54)42-17-5-2-6-18-42)39-29-27-37(28-30-39)40-31-33-52-47(35-40)45-21-9-13-25-51(45)58(52)49-23-11-7-19-43(49)44-20-8-12-24-50(44)58;33-32-34-22-16-13-20(14-17-22)21-15-18-30-26(19-21)25-9-3-6-12-29(25)31(30)27-10-4-1-7-23(27)24-8-2-5-11-28(24)31;28-27-30-25(18-9-3-1-4-10-18)29-26(31-27)19-15-16-24-22(17-19)21-13-7-8-14-23(21)32(24)20-11-5-2-6-12-20/h1-36H;1-19,33H;1-17H. The summed E-state index contributed by atoms with van der Waals surface area (Å²) in [4.78, 5) is 28.8. The fourth-order valence-electron chi connectivity index (χ4n) is 20.6. The van der Waals surface area contributed by atoms with Crippen LogP contribution in [0.1, 0.15) is 44.5 Å². The molecule has 599 valence electrons. The second-order valence-electron chi connectivity index (χ2n) is 32.7. The summed E-state index contributed by atoms with van der Waals surface area (Å²) < 4.78 is 9.69. The second-order valence-corrected chi connectivity index (χ2v) is 33.1. The van der Waals surface area contributed by atoms with E-state index in [4.69, 9.17) is 41.2 Å². The first-order valence-corrected chi connectivity index (χ1v) is 43.4. The molecule has 0 fully saturated rings. The number of para-hydroxylation sites is 4. The van der Waals surface area contributed by atoms with Crippen molar-refractivity contribution in [1.82, 2.24) is 39.0 Å². The molecule has 0 bridgehead atoms. The average molecular weight is 1660 g/mol. The molecule has 1 radical (unpaired) electrons. The largest absolute Gasteiger partial charge is 0.569 e. The molecule has 12 heteroatoms. The van der Waals surface area contributed by atoms with Gasteiger partial charge in [0.25, 0.3) is 0 Å². The van der Waals surface area contributed by atoms with Crippen molar-refractivity contribution in [1.29, 1.82) is 0 Å². The summed E-state index contributed by atoms with van der Waals surface area (Å²) in [5, 5.41) is 13.7. The highest BCUT2D eigenvalue weighted by Gasteiger charge is 2.53. The van der Waals surface area contributed by atoms with Crippen LogP contribution >= 0.6 is 11.6 Å². The molecule has 0 unspecified atom stereocenters. The minimum Gasteiger partial charge on any atom is -0.537 e. The van der Waals surface area contributed by atoms with Crippen molar-refractivity contribution in [3.8, 4) is 141 Å².